The summed E-state index contributed by atoms with van der Waals surface area (Å²) in [5.41, 5.74) is 6.30. The number of amides is 1. The monoisotopic (exact) mass is 258 g/mol. The van der Waals surface area contributed by atoms with E-state index in [4.69, 9.17) is 10.5 Å². The summed E-state index contributed by atoms with van der Waals surface area (Å²) in [5, 5.41) is 5.22. The normalized spacial score (nSPS) is 12.3. The zero-order chi connectivity index (χ0) is 13.8. The lowest BCUT2D eigenvalue weighted by Crippen LogP contribution is -2.33. The Kier molecular flexibility index (Phi) is 4.02. The Balaban J connectivity index is 2.43. The number of benzene rings is 2. The number of nitrogens with two attached hydrogens (primary N) is 1. The molecule has 2 aromatic rings. The highest BCUT2D eigenvalue weighted by Crippen LogP contribution is 2.24. The van der Waals surface area contributed by atoms with Gasteiger partial charge in [0.05, 0.1) is 7.11 Å². The Hall–Kier alpha value is -2.07. The van der Waals surface area contributed by atoms with Crippen LogP contribution in [0.3, 0.4) is 0 Å². The first-order valence-electron chi connectivity index (χ1n) is 6.26. The molecule has 0 aliphatic rings. The fourth-order valence-electron chi connectivity index (χ4n) is 2.14. The summed E-state index contributed by atoms with van der Waals surface area (Å²) in [4.78, 5) is 11.5. The molecule has 0 radical (unpaired) electrons. The highest BCUT2D eigenvalue weighted by atomic mass is 16.5. The van der Waals surface area contributed by atoms with E-state index in [9.17, 15) is 4.79 Å². The third kappa shape index (κ3) is 2.85. The lowest BCUT2D eigenvalue weighted by molar-refractivity contribution is -0.120. The van der Waals surface area contributed by atoms with E-state index in [1.165, 1.54) is 0 Å². The molecule has 0 spiro atoms. The van der Waals surface area contributed by atoms with Gasteiger partial charge in [-0.1, -0.05) is 25.1 Å². The Morgan fingerprint density at radius 3 is 2.58 bits per heavy atom. The van der Waals surface area contributed by atoms with Crippen LogP contribution in [0.5, 0.6) is 5.75 Å². The Morgan fingerprint density at radius 1 is 1.26 bits per heavy atom. The number of primary amides is 1. The van der Waals surface area contributed by atoms with Crippen molar-refractivity contribution in [3.63, 3.8) is 0 Å². The van der Waals surface area contributed by atoms with E-state index >= 15 is 0 Å². The van der Waals surface area contributed by atoms with E-state index in [0.717, 1.165) is 22.1 Å². The van der Waals surface area contributed by atoms with E-state index in [-0.39, 0.29) is 5.91 Å². The molecule has 2 aromatic carbocycles. The standard InChI is InChI=1S/C15H18N2O2/c1-3-17-14(15(16)18)12-5-4-11-9-13(19-2)7-6-10(11)8-12/h4-9,14,17H,3H2,1-2H3,(H2,16,18). The molecule has 4 nitrogen and oxygen atoms in total. The highest BCUT2D eigenvalue weighted by Gasteiger charge is 2.16. The minimum atomic E-state index is -0.448. The summed E-state index contributed by atoms with van der Waals surface area (Å²) in [5.74, 6) is 0.452. The molecule has 1 atom stereocenters. The maximum Gasteiger partial charge on any atom is 0.239 e. The highest BCUT2D eigenvalue weighted by molar-refractivity contribution is 5.87. The van der Waals surface area contributed by atoms with Crippen LogP contribution >= 0.6 is 0 Å². The molecule has 3 N–H and O–H groups in total. The lowest BCUT2D eigenvalue weighted by Gasteiger charge is -2.15. The maximum absolute atomic E-state index is 11.5. The van der Waals surface area contributed by atoms with Gasteiger partial charge in [-0.2, -0.15) is 0 Å². The van der Waals surface area contributed by atoms with Crippen LogP contribution in [0.2, 0.25) is 0 Å². The molecule has 0 aliphatic heterocycles. The summed E-state index contributed by atoms with van der Waals surface area (Å²) in [6.45, 7) is 2.64. The van der Waals surface area contributed by atoms with Crippen molar-refractivity contribution in [2.24, 2.45) is 5.73 Å². The van der Waals surface area contributed by atoms with Crippen molar-refractivity contribution in [2.75, 3.05) is 13.7 Å². The molecule has 100 valence electrons. The van der Waals surface area contributed by atoms with Crippen LogP contribution < -0.4 is 15.8 Å². The minimum absolute atomic E-state index is 0.366. The summed E-state index contributed by atoms with van der Waals surface area (Å²) < 4.78 is 5.19. The number of hydrogen-bond acceptors (Lipinski definition) is 3. The molecule has 1 amide bonds. The van der Waals surface area contributed by atoms with Crippen LogP contribution in [0.15, 0.2) is 36.4 Å². The van der Waals surface area contributed by atoms with Crippen molar-refractivity contribution in [1.29, 1.82) is 0 Å². The van der Waals surface area contributed by atoms with Gasteiger partial charge in [0.25, 0.3) is 0 Å². The molecule has 0 heterocycles. The first-order chi connectivity index (χ1) is 9.15. The zero-order valence-corrected chi connectivity index (χ0v) is 11.1. The van der Waals surface area contributed by atoms with Gasteiger partial charge in [-0.3, -0.25) is 4.79 Å². The topological polar surface area (TPSA) is 64.3 Å². The summed E-state index contributed by atoms with van der Waals surface area (Å²) in [6, 6.07) is 11.3. The van der Waals surface area contributed by atoms with Crippen molar-refractivity contribution < 1.29 is 9.53 Å². The van der Waals surface area contributed by atoms with Crippen LogP contribution in [-0.4, -0.2) is 19.6 Å². The molecule has 1 unspecified atom stereocenters. The van der Waals surface area contributed by atoms with Crippen molar-refractivity contribution in [3.8, 4) is 5.75 Å². The fourth-order valence-corrected chi connectivity index (χ4v) is 2.14. The van der Waals surface area contributed by atoms with Crippen LogP contribution in [0.4, 0.5) is 0 Å². The predicted molar refractivity (Wildman–Crippen MR) is 76.1 cm³/mol. The van der Waals surface area contributed by atoms with Gasteiger partial charge in [0.15, 0.2) is 0 Å². The SMILES string of the molecule is CCNC(C(N)=O)c1ccc2cc(OC)ccc2c1. The first-order valence-corrected chi connectivity index (χ1v) is 6.26. The molecule has 0 aromatic heterocycles. The molecular formula is C15H18N2O2. The van der Waals surface area contributed by atoms with Gasteiger partial charge in [0, 0.05) is 0 Å². The average Bonchev–Trinajstić information content (AvgIpc) is 2.43. The molecule has 2 rings (SSSR count). The van der Waals surface area contributed by atoms with Crippen molar-refractivity contribution in [3.05, 3.63) is 42.0 Å². The molecule has 0 saturated heterocycles. The predicted octanol–water partition coefficient (Wildman–Crippen LogP) is 1.98. The van der Waals surface area contributed by atoms with Crippen molar-refractivity contribution in [1.82, 2.24) is 5.32 Å². The fraction of sp³-hybridized carbons (Fsp3) is 0.267. The van der Waals surface area contributed by atoms with E-state index < -0.39 is 6.04 Å². The number of ether oxygens (including phenoxy) is 1. The first kappa shape index (κ1) is 13.4. The third-order valence-electron chi connectivity index (χ3n) is 3.10. The van der Waals surface area contributed by atoms with Crippen LogP contribution in [-0.2, 0) is 4.79 Å². The van der Waals surface area contributed by atoms with E-state index in [0.29, 0.717) is 6.54 Å². The maximum atomic E-state index is 11.5. The molecule has 0 fully saturated rings. The van der Waals surface area contributed by atoms with Gasteiger partial charge < -0.3 is 15.8 Å². The number of carbonyl (C=O) groups excluding carboxylic acids is 1. The van der Waals surface area contributed by atoms with Gasteiger partial charge in [-0.25, -0.2) is 0 Å². The largest absolute Gasteiger partial charge is 0.497 e. The summed E-state index contributed by atoms with van der Waals surface area (Å²) in [6.07, 6.45) is 0. The van der Waals surface area contributed by atoms with E-state index in [1.54, 1.807) is 7.11 Å². The van der Waals surface area contributed by atoms with Crippen molar-refractivity contribution in [2.45, 2.75) is 13.0 Å². The molecule has 19 heavy (non-hydrogen) atoms. The molecule has 0 bridgehead atoms. The zero-order valence-electron chi connectivity index (χ0n) is 11.1. The van der Waals surface area contributed by atoms with Crippen LogP contribution in [0.1, 0.15) is 18.5 Å². The molecule has 0 saturated carbocycles. The number of likely N-dealkylation sites (N-methyl/N-ethyl adjacent to an activating group) is 1. The van der Waals surface area contributed by atoms with Gasteiger partial charge in [-0.15, -0.1) is 0 Å². The lowest BCUT2D eigenvalue weighted by atomic mass is 10.0. The number of nitrogens with one attached hydrogen (secondary N) is 1. The van der Waals surface area contributed by atoms with Gasteiger partial charge in [0.2, 0.25) is 5.91 Å². The summed E-state index contributed by atoms with van der Waals surface area (Å²) in [7, 11) is 1.64. The smallest absolute Gasteiger partial charge is 0.239 e. The number of hydrogen-bond donors (Lipinski definition) is 2. The molecule has 4 heteroatoms. The average molecular weight is 258 g/mol. The number of carbonyl (C=O) groups is 1. The van der Waals surface area contributed by atoms with Gasteiger partial charge in [-0.05, 0) is 41.1 Å². The third-order valence-corrected chi connectivity index (χ3v) is 3.10. The number of methoxy groups -OCH3 is 1. The Morgan fingerprint density at radius 2 is 1.95 bits per heavy atom. The van der Waals surface area contributed by atoms with Gasteiger partial charge >= 0.3 is 0 Å². The molecular weight excluding hydrogens is 240 g/mol. The van der Waals surface area contributed by atoms with Gasteiger partial charge in [0.1, 0.15) is 11.8 Å². The van der Waals surface area contributed by atoms with E-state index in [2.05, 4.69) is 5.32 Å². The summed E-state index contributed by atoms with van der Waals surface area (Å²) >= 11 is 0. The quantitative estimate of drug-likeness (QED) is 0.862. The van der Waals surface area contributed by atoms with Crippen LogP contribution in [0, 0.1) is 0 Å². The van der Waals surface area contributed by atoms with E-state index in [1.807, 2.05) is 43.3 Å². The Labute approximate surface area is 112 Å². The second-order valence-electron chi connectivity index (χ2n) is 4.37. The van der Waals surface area contributed by atoms with Crippen LogP contribution in [0.25, 0.3) is 10.8 Å². The van der Waals surface area contributed by atoms with Crippen molar-refractivity contribution >= 4 is 16.7 Å². The second kappa shape index (κ2) is 5.71. The number of rotatable bonds is 5. The second-order valence-corrected chi connectivity index (χ2v) is 4.37. The minimum Gasteiger partial charge on any atom is -0.497 e. The Bertz CT molecular complexity index is 596. The molecule has 0 aliphatic carbocycles. The number of fused-ring (bicyclic) bond motifs is 1.